The summed E-state index contributed by atoms with van der Waals surface area (Å²) in [5, 5.41) is 20.4. The lowest BCUT2D eigenvalue weighted by Crippen LogP contribution is -2.18. The van der Waals surface area contributed by atoms with Crippen LogP contribution in [0.25, 0.3) is 11.3 Å². The molecule has 0 bridgehead atoms. The Bertz CT molecular complexity index is 885. The Balaban J connectivity index is 1.68. The van der Waals surface area contributed by atoms with E-state index < -0.39 is 5.91 Å². The van der Waals surface area contributed by atoms with E-state index in [1.807, 2.05) is 37.3 Å². The highest BCUT2D eigenvalue weighted by Crippen LogP contribution is 2.17. The van der Waals surface area contributed by atoms with Gasteiger partial charge in [-0.25, -0.2) is 5.43 Å². The number of aromatic hydroxyl groups is 1. The first-order chi connectivity index (χ1) is 11.6. The fourth-order valence-corrected chi connectivity index (χ4v) is 2.19. The van der Waals surface area contributed by atoms with Gasteiger partial charge >= 0.3 is 0 Å². The van der Waals surface area contributed by atoms with Crippen LogP contribution in [0.5, 0.6) is 5.75 Å². The third kappa shape index (κ3) is 3.49. The average molecular weight is 320 g/mol. The zero-order chi connectivity index (χ0) is 16.9. The highest BCUT2D eigenvalue weighted by atomic mass is 16.3. The Morgan fingerprint density at radius 3 is 2.79 bits per heavy atom. The molecule has 1 amide bonds. The van der Waals surface area contributed by atoms with Crippen molar-refractivity contribution in [2.45, 2.75) is 6.92 Å². The Labute approximate surface area is 138 Å². The van der Waals surface area contributed by atoms with E-state index >= 15 is 0 Å². The van der Waals surface area contributed by atoms with E-state index in [0.29, 0.717) is 17.0 Å². The molecule has 3 rings (SSSR count). The van der Waals surface area contributed by atoms with Crippen molar-refractivity contribution in [2.24, 2.45) is 5.10 Å². The number of phenolic OH excluding ortho intramolecular Hbond substituents is 1. The summed E-state index contributed by atoms with van der Waals surface area (Å²) in [5.74, 6) is -0.306. The molecule has 3 aromatic rings. The van der Waals surface area contributed by atoms with Gasteiger partial charge in [0, 0.05) is 11.1 Å². The molecule has 2 aromatic carbocycles. The predicted molar refractivity (Wildman–Crippen MR) is 91.9 cm³/mol. The van der Waals surface area contributed by atoms with Crippen molar-refractivity contribution in [2.75, 3.05) is 0 Å². The predicted octanol–water partition coefficient (Wildman–Crippen LogP) is 2.85. The lowest BCUT2D eigenvalue weighted by Gasteiger charge is -2.00. The topological polar surface area (TPSA) is 90.4 Å². The Hall–Kier alpha value is -3.41. The van der Waals surface area contributed by atoms with Crippen LogP contribution in [0.4, 0.5) is 0 Å². The zero-order valence-corrected chi connectivity index (χ0v) is 13.0. The molecule has 24 heavy (non-hydrogen) atoms. The quantitative estimate of drug-likeness (QED) is 0.510. The van der Waals surface area contributed by atoms with E-state index in [2.05, 4.69) is 20.7 Å². The summed E-state index contributed by atoms with van der Waals surface area (Å²) in [6, 6.07) is 16.4. The SMILES string of the molecule is Cc1ccc(O)c(C=NNC(=O)c2cc(-c3ccccc3)n[nH]2)c1. The van der Waals surface area contributed by atoms with Crippen molar-refractivity contribution in [3.05, 3.63) is 71.4 Å². The molecule has 0 radical (unpaired) electrons. The Kier molecular flexibility index (Phi) is 4.38. The molecular formula is C18H16N4O2. The summed E-state index contributed by atoms with van der Waals surface area (Å²) in [4.78, 5) is 12.1. The van der Waals surface area contributed by atoms with Crippen LogP contribution in [0.2, 0.25) is 0 Å². The van der Waals surface area contributed by atoms with E-state index in [4.69, 9.17) is 0 Å². The number of benzene rings is 2. The average Bonchev–Trinajstić information content (AvgIpc) is 3.09. The van der Waals surface area contributed by atoms with E-state index in [9.17, 15) is 9.90 Å². The normalized spacial score (nSPS) is 10.9. The molecule has 6 heteroatoms. The van der Waals surface area contributed by atoms with Crippen molar-refractivity contribution in [1.82, 2.24) is 15.6 Å². The highest BCUT2D eigenvalue weighted by Gasteiger charge is 2.10. The van der Waals surface area contributed by atoms with Crippen molar-refractivity contribution in [3.63, 3.8) is 0 Å². The first-order valence-electron chi connectivity index (χ1n) is 7.37. The van der Waals surface area contributed by atoms with Crippen LogP contribution in [0.3, 0.4) is 0 Å². The number of aromatic nitrogens is 2. The van der Waals surface area contributed by atoms with Gasteiger partial charge in [0.15, 0.2) is 0 Å². The third-order valence-corrected chi connectivity index (χ3v) is 3.44. The first-order valence-corrected chi connectivity index (χ1v) is 7.37. The van der Waals surface area contributed by atoms with Gasteiger partial charge in [-0.05, 0) is 25.1 Å². The number of carbonyl (C=O) groups excluding carboxylic acids is 1. The maximum atomic E-state index is 12.1. The van der Waals surface area contributed by atoms with Crippen LogP contribution in [0, 0.1) is 6.92 Å². The van der Waals surface area contributed by atoms with E-state index in [1.54, 1.807) is 24.3 Å². The van der Waals surface area contributed by atoms with Gasteiger partial charge in [0.1, 0.15) is 11.4 Å². The van der Waals surface area contributed by atoms with Crippen molar-refractivity contribution in [1.29, 1.82) is 0 Å². The maximum Gasteiger partial charge on any atom is 0.289 e. The fourth-order valence-electron chi connectivity index (χ4n) is 2.19. The zero-order valence-electron chi connectivity index (χ0n) is 13.0. The molecule has 0 saturated heterocycles. The number of aromatic amines is 1. The molecule has 1 aromatic heterocycles. The summed E-state index contributed by atoms with van der Waals surface area (Å²) in [7, 11) is 0. The molecular weight excluding hydrogens is 304 g/mol. The van der Waals surface area contributed by atoms with E-state index in [0.717, 1.165) is 11.1 Å². The molecule has 3 N–H and O–H groups in total. The van der Waals surface area contributed by atoms with E-state index in [1.165, 1.54) is 6.21 Å². The van der Waals surface area contributed by atoms with Crippen molar-refractivity contribution < 1.29 is 9.90 Å². The molecule has 0 unspecified atom stereocenters. The molecule has 120 valence electrons. The number of hydrogen-bond acceptors (Lipinski definition) is 4. The minimum absolute atomic E-state index is 0.103. The van der Waals surface area contributed by atoms with Gasteiger partial charge in [0.05, 0.1) is 11.9 Å². The number of nitrogens with one attached hydrogen (secondary N) is 2. The largest absolute Gasteiger partial charge is 0.507 e. The van der Waals surface area contributed by atoms with Gasteiger partial charge in [0.25, 0.3) is 5.91 Å². The number of hydrogen-bond donors (Lipinski definition) is 3. The molecule has 0 atom stereocenters. The molecule has 0 saturated carbocycles. The van der Waals surface area contributed by atoms with Gasteiger partial charge in [-0.15, -0.1) is 0 Å². The van der Waals surface area contributed by atoms with Gasteiger partial charge in [-0.2, -0.15) is 10.2 Å². The second-order valence-electron chi connectivity index (χ2n) is 5.29. The molecule has 0 spiro atoms. The monoisotopic (exact) mass is 320 g/mol. The van der Waals surface area contributed by atoms with Crippen molar-refractivity contribution >= 4 is 12.1 Å². The van der Waals surface area contributed by atoms with E-state index in [-0.39, 0.29) is 5.75 Å². The molecule has 0 fully saturated rings. The van der Waals surface area contributed by atoms with Gasteiger partial charge < -0.3 is 5.11 Å². The lowest BCUT2D eigenvalue weighted by molar-refractivity contribution is 0.0950. The van der Waals surface area contributed by atoms with Crippen LogP contribution >= 0.6 is 0 Å². The van der Waals surface area contributed by atoms with Crippen molar-refractivity contribution in [3.8, 4) is 17.0 Å². The number of nitrogens with zero attached hydrogens (tertiary/aromatic N) is 2. The van der Waals surface area contributed by atoms with Crippen LogP contribution in [-0.2, 0) is 0 Å². The van der Waals surface area contributed by atoms with Crippen LogP contribution in [0.1, 0.15) is 21.6 Å². The summed E-state index contributed by atoms with van der Waals surface area (Å²) in [6.07, 6.45) is 1.40. The highest BCUT2D eigenvalue weighted by molar-refractivity contribution is 5.94. The molecule has 0 aliphatic rings. The number of phenols is 1. The molecule has 1 heterocycles. The van der Waals surface area contributed by atoms with Crippen LogP contribution < -0.4 is 5.43 Å². The number of aryl methyl sites for hydroxylation is 1. The second-order valence-corrected chi connectivity index (χ2v) is 5.29. The lowest BCUT2D eigenvalue weighted by atomic mass is 10.1. The van der Waals surface area contributed by atoms with Crippen LogP contribution in [-0.4, -0.2) is 27.4 Å². The van der Waals surface area contributed by atoms with Crippen LogP contribution in [0.15, 0.2) is 59.7 Å². The minimum atomic E-state index is -0.409. The summed E-state index contributed by atoms with van der Waals surface area (Å²) < 4.78 is 0. The smallest absolute Gasteiger partial charge is 0.289 e. The number of H-pyrrole nitrogens is 1. The summed E-state index contributed by atoms with van der Waals surface area (Å²) in [5.41, 5.74) is 5.83. The first kappa shape index (κ1) is 15.5. The van der Waals surface area contributed by atoms with Gasteiger partial charge in [-0.3, -0.25) is 9.89 Å². The van der Waals surface area contributed by atoms with Gasteiger partial charge in [-0.1, -0.05) is 42.0 Å². The third-order valence-electron chi connectivity index (χ3n) is 3.44. The molecule has 0 aliphatic carbocycles. The Morgan fingerprint density at radius 1 is 1.21 bits per heavy atom. The number of carbonyl (C=O) groups is 1. The van der Waals surface area contributed by atoms with Gasteiger partial charge in [0.2, 0.25) is 0 Å². The molecule has 0 aliphatic heterocycles. The maximum absolute atomic E-state index is 12.1. The number of rotatable bonds is 4. The Morgan fingerprint density at radius 2 is 2.00 bits per heavy atom. The second kappa shape index (κ2) is 6.78. The number of hydrazone groups is 1. The number of amides is 1. The fraction of sp³-hybridized carbons (Fsp3) is 0.0556. The minimum Gasteiger partial charge on any atom is -0.507 e. The summed E-state index contributed by atoms with van der Waals surface area (Å²) >= 11 is 0. The summed E-state index contributed by atoms with van der Waals surface area (Å²) in [6.45, 7) is 1.91. The standard InChI is InChI=1S/C18H16N4O2/c1-12-7-8-17(23)14(9-12)11-19-22-18(24)16-10-15(20-21-16)13-5-3-2-4-6-13/h2-11,23H,1H3,(H,20,21)(H,22,24). The molecule has 6 nitrogen and oxygen atoms in total.